The van der Waals surface area contributed by atoms with E-state index in [-0.39, 0.29) is 0 Å². The molecule has 0 aliphatic carbocycles. The summed E-state index contributed by atoms with van der Waals surface area (Å²) in [5, 5.41) is 0. The summed E-state index contributed by atoms with van der Waals surface area (Å²) in [6.45, 7) is 3.68. The van der Waals surface area contributed by atoms with E-state index in [1.54, 1.807) is 18.5 Å². The van der Waals surface area contributed by atoms with Gasteiger partial charge < -0.3 is 10.6 Å². The van der Waals surface area contributed by atoms with Gasteiger partial charge in [0.15, 0.2) is 0 Å². The summed E-state index contributed by atoms with van der Waals surface area (Å²) < 4.78 is 0. The predicted molar refractivity (Wildman–Crippen MR) is 61.3 cm³/mol. The van der Waals surface area contributed by atoms with Gasteiger partial charge in [0.25, 0.3) is 0 Å². The Morgan fingerprint density at radius 2 is 2.14 bits per heavy atom. The van der Waals surface area contributed by atoms with Crippen LogP contribution < -0.4 is 10.6 Å². The van der Waals surface area contributed by atoms with Crippen LogP contribution in [0.15, 0.2) is 18.5 Å². The maximum Gasteiger partial charge on any atom is 0.225 e. The first-order valence-electron chi connectivity index (χ1n) is 4.54. The molecule has 1 aromatic heterocycles. The van der Waals surface area contributed by atoms with E-state index in [2.05, 4.69) is 16.9 Å². The highest BCUT2D eigenvalue weighted by atomic mass is 32.1. The maximum absolute atomic E-state index is 5.44. The van der Waals surface area contributed by atoms with Crippen molar-refractivity contribution in [1.29, 1.82) is 0 Å². The molecule has 0 unspecified atom stereocenters. The number of aromatic nitrogens is 2. The minimum Gasteiger partial charge on any atom is -0.393 e. The molecule has 0 aromatic carbocycles. The largest absolute Gasteiger partial charge is 0.393 e. The van der Waals surface area contributed by atoms with Gasteiger partial charge in [-0.3, -0.25) is 0 Å². The molecule has 0 amide bonds. The summed E-state index contributed by atoms with van der Waals surface area (Å²) in [4.78, 5) is 10.9. The monoisotopic (exact) mass is 210 g/mol. The molecule has 2 N–H and O–H groups in total. The first kappa shape index (κ1) is 10.8. The summed E-state index contributed by atoms with van der Waals surface area (Å²) >= 11 is 4.82. The van der Waals surface area contributed by atoms with E-state index < -0.39 is 0 Å². The molecule has 76 valence electrons. The Labute approximate surface area is 89.2 Å². The number of nitrogens with zero attached hydrogens (tertiary/aromatic N) is 3. The van der Waals surface area contributed by atoms with Crippen LogP contribution in [0.2, 0.25) is 0 Å². The van der Waals surface area contributed by atoms with Gasteiger partial charge in [-0.05, 0) is 13.0 Å². The highest BCUT2D eigenvalue weighted by Gasteiger charge is 2.05. The third-order valence-corrected chi connectivity index (χ3v) is 2.05. The van der Waals surface area contributed by atoms with E-state index in [1.807, 2.05) is 4.90 Å². The summed E-state index contributed by atoms with van der Waals surface area (Å²) in [6.07, 6.45) is 4.15. The van der Waals surface area contributed by atoms with Crippen molar-refractivity contribution in [3.05, 3.63) is 18.5 Å². The van der Waals surface area contributed by atoms with Crippen LogP contribution in [-0.2, 0) is 0 Å². The molecule has 0 aliphatic heterocycles. The van der Waals surface area contributed by atoms with Crippen LogP contribution in [0.4, 0.5) is 5.95 Å². The van der Waals surface area contributed by atoms with Crippen molar-refractivity contribution in [2.75, 3.05) is 18.0 Å². The number of rotatable bonds is 5. The van der Waals surface area contributed by atoms with Gasteiger partial charge in [-0.25, -0.2) is 9.97 Å². The van der Waals surface area contributed by atoms with Crippen LogP contribution in [0.3, 0.4) is 0 Å². The molecule has 0 radical (unpaired) electrons. The van der Waals surface area contributed by atoms with Gasteiger partial charge in [0, 0.05) is 31.9 Å². The lowest BCUT2D eigenvalue weighted by Gasteiger charge is -2.19. The quantitative estimate of drug-likeness (QED) is 0.734. The normalized spacial score (nSPS) is 9.79. The van der Waals surface area contributed by atoms with Crippen molar-refractivity contribution in [2.24, 2.45) is 5.73 Å². The zero-order valence-electron chi connectivity index (χ0n) is 8.18. The van der Waals surface area contributed by atoms with Crippen LogP contribution in [0.1, 0.15) is 13.3 Å². The Morgan fingerprint density at radius 3 is 2.64 bits per heavy atom. The van der Waals surface area contributed by atoms with Gasteiger partial charge in [-0.2, -0.15) is 0 Å². The van der Waals surface area contributed by atoms with E-state index in [4.69, 9.17) is 18.0 Å². The molecule has 0 spiro atoms. The van der Waals surface area contributed by atoms with Crippen LogP contribution in [-0.4, -0.2) is 28.0 Å². The minimum absolute atomic E-state index is 0.527. The second-order valence-corrected chi connectivity index (χ2v) is 3.37. The molecule has 1 rings (SSSR count). The smallest absolute Gasteiger partial charge is 0.225 e. The third-order valence-electron chi connectivity index (χ3n) is 1.84. The molecular formula is C9H14N4S. The summed E-state index contributed by atoms with van der Waals surface area (Å²) in [5.74, 6) is 0.728. The lowest BCUT2D eigenvalue weighted by Crippen LogP contribution is -2.28. The van der Waals surface area contributed by atoms with Crippen molar-refractivity contribution in [1.82, 2.24) is 9.97 Å². The topological polar surface area (TPSA) is 55.0 Å². The molecule has 1 heterocycles. The maximum atomic E-state index is 5.44. The van der Waals surface area contributed by atoms with E-state index >= 15 is 0 Å². The SMILES string of the molecule is CCN(CCC(N)=S)c1ncccn1. The van der Waals surface area contributed by atoms with Crippen molar-refractivity contribution in [2.45, 2.75) is 13.3 Å². The fourth-order valence-electron chi connectivity index (χ4n) is 1.10. The molecule has 0 fully saturated rings. The molecule has 1 aromatic rings. The molecule has 5 heteroatoms. The van der Waals surface area contributed by atoms with Crippen molar-refractivity contribution < 1.29 is 0 Å². The number of hydrogen-bond donors (Lipinski definition) is 1. The molecule has 4 nitrogen and oxygen atoms in total. The van der Waals surface area contributed by atoms with E-state index in [9.17, 15) is 0 Å². The van der Waals surface area contributed by atoms with Crippen molar-refractivity contribution in [3.63, 3.8) is 0 Å². The number of nitrogens with two attached hydrogens (primary N) is 1. The summed E-state index contributed by atoms with van der Waals surface area (Å²) in [5.41, 5.74) is 5.44. The Morgan fingerprint density at radius 1 is 1.50 bits per heavy atom. The first-order valence-corrected chi connectivity index (χ1v) is 4.95. The van der Waals surface area contributed by atoms with E-state index in [0.717, 1.165) is 19.0 Å². The van der Waals surface area contributed by atoms with Gasteiger partial charge >= 0.3 is 0 Å². The van der Waals surface area contributed by atoms with Crippen LogP contribution in [0.25, 0.3) is 0 Å². The number of anilines is 1. The highest BCUT2D eigenvalue weighted by molar-refractivity contribution is 7.80. The first-order chi connectivity index (χ1) is 6.74. The van der Waals surface area contributed by atoms with Crippen LogP contribution >= 0.6 is 12.2 Å². The van der Waals surface area contributed by atoms with Crippen molar-refractivity contribution >= 4 is 23.2 Å². The molecule has 0 saturated carbocycles. The molecule has 0 atom stereocenters. The standard InChI is InChI=1S/C9H14N4S/c1-2-13(7-4-8(10)14)9-11-5-3-6-12-9/h3,5-6H,2,4,7H2,1H3,(H2,10,14). The molecular weight excluding hydrogens is 196 g/mol. The Kier molecular flexibility index (Phi) is 4.25. The van der Waals surface area contributed by atoms with Gasteiger partial charge in [0.1, 0.15) is 0 Å². The van der Waals surface area contributed by atoms with Gasteiger partial charge in [-0.1, -0.05) is 12.2 Å². The molecule has 14 heavy (non-hydrogen) atoms. The second-order valence-electron chi connectivity index (χ2n) is 2.84. The van der Waals surface area contributed by atoms with E-state index in [1.165, 1.54) is 0 Å². The molecule has 0 aliphatic rings. The number of hydrogen-bond acceptors (Lipinski definition) is 4. The highest BCUT2D eigenvalue weighted by Crippen LogP contribution is 2.04. The Bertz CT molecular complexity index is 288. The Hall–Kier alpha value is -1.23. The summed E-state index contributed by atoms with van der Waals surface area (Å²) in [7, 11) is 0. The van der Waals surface area contributed by atoms with Gasteiger partial charge in [0.2, 0.25) is 5.95 Å². The van der Waals surface area contributed by atoms with Crippen molar-refractivity contribution in [3.8, 4) is 0 Å². The average Bonchev–Trinajstić information content (AvgIpc) is 2.20. The van der Waals surface area contributed by atoms with E-state index in [0.29, 0.717) is 11.4 Å². The fraction of sp³-hybridized carbons (Fsp3) is 0.444. The molecule has 0 saturated heterocycles. The fourth-order valence-corrected chi connectivity index (χ4v) is 1.19. The molecule has 0 bridgehead atoms. The van der Waals surface area contributed by atoms with Gasteiger partial charge in [-0.15, -0.1) is 0 Å². The second kappa shape index (κ2) is 5.49. The number of thiocarbonyl (C=S) groups is 1. The van der Waals surface area contributed by atoms with Crippen LogP contribution in [0, 0.1) is 0 Å². The van der Waals surface area contributed by atoms with Gasteiger partial charge in [0.05, 0.1) is 4.99 Å². The van der Waals surface area contributed by atoms with Crippen LogP contribution in [0.5, 0.6) is 0 Å². The lowest BCUT2D eigenvalue weighted by molar-refractivity contribution is 0.798. The minimum atomic E-state index is 0.527. The average molecular weight is 210 g/mol. The lowest BCUT2D eigenvalue weighted by atomic mass is 10.4. The Balaban J connectivity index is 2.58. The third kappa shape index (κ3) is 3.26. The zero-order valence-corrected chi connectivity index (χ0v) is 9.00. The predicted octanol–water partition coefficient (Wildman–Crippen LogP) is 0.979. The zero-order chi connectivity index (χ0) is 10.4. The summed E-state index contributed by atoms with van der Waals surface area (Å²) in [6, 6.07) is 1.80.